The van der Waals surface area contributed by atoms with E-state index in [1.807, 2.05) is 4.90 Å². The van der Waals surface area contributed by atoms with Crippen molar-refractivity contribution in [2.24, 2.45) is 0 Å². The maximum atomic E-state index is 12.8. The number of nitrogens with zero attached hydrogens (tertiary/aromatic N) is 3. The third kappa shape index (κ3) is 3.27. The van der Waals surface area contributed by atoms with Crippen LogP contribution in [0.25, 0.3) is 0 Å². The van der Waals surface area contributed by atoms with Gasteiger partial charge >= 0.3 is 0 Å². The minimum absolute atomic E-state index is 0.296. The molecule has 5 heteroatoms. The molecule has 1 N–H and O–H groups in total. The third-order valence-electron chi connectivity index (χ3n) is 4.54. The number of hydrogen-bond acceptors (Lipinski definition) is 4. The van der Waals surface area contributed by atoms with Gasteiger partial charge in [0.25, 0.3) is 0 Å². The smallest absolute Gasteiger partial charge is 0.242 e. The van der Waals surface area contributed by atoms with E-state index in [2.05, 4.69) is 35.9 Å². The molecule has 2 heterocycles. The van der Waals surface area contributed by atoms with Gasteiger partial charge in [-0.25, -0.2) is 0 Å². The zero-order valence-electron chi connectivity index (χ0n) is 12.6. The van der Waals surface area contributed by atoms with Crippen LogP contribution in [0.5, 0.6) is 0 Å². The van der Waals surface area contributed by atoms with Gasteiger partial charge in [-0.05, 0) is 20.4 Å². The van der Waals surface area contributed by atoms with Crippen molar-refractivity contribution in [3.63, 3.8) is 0 Å². The molecule has 110 valence electrons. The van der Waals surface area contributed by atoms with Crippen molar-refractivity contribution >= 4 is 5.91 Å². The van der Waals surface area contributed by atoms with Crippen LogP contribution < -0.4 is 5.32 Å². The SMILES string of the molecule is CCN1CCN(C(=O)C(C)(C)N2CCNCC2)CC1. The number of piperazine rings is 2. The van der Waals surface area contributed by atoms with Gasteiger partial charge in [0.1, 0.15) is 0 Å². The van der Waals surface area contributed by atoms with Crippen molar-refractivity contribution in [3.05, 3.63) is 0 Å². The van der Waals surface area contributed by atoms with Crippen LogP contribution >= 0.6 is 0 Å². The van der Waals surface area contributed by atoms with Crippen molar-refractivity contribution in [1.29, 1.82) is 0 Å². The maximum Gasteiger partial charge on any atom is 0.242 e. The lowest BCUT2D eigenvalue weighted by Gasteiger charge is -2.44. The van der Waals surface area contributed by atoms with E-state index >= 15 is 0 Å². The number of nitrogens with one attached hydrogen (secondary N) is 1. The first-order chi connectivity index (χ1) is 9.05. The molecule has 5 nitrogen and oxygen atoms in total. The molecule has 2 aliphatic heterocycles. The van der Waals surface area contributed by atoms with Crippen LogP contribution in [0.15, 0.2) is 0 Å². The fraction of sp³-hybridized carbons (Fsp3) is 0.929. The summed E-state index contributed by atoms with van der Waals surface area (Å²) in [6.07, 6.45) is 0. The number of carbonyl (C=O) groups excluding carboxylic acids is 1. The predicted octanol–water partition coefficient (Wildman–Crippen LogP) is -0.166. The molecule has 0 bridgehead atoms. The summed E-state index contributed by atoms with van der Waals surface area (Å²) in [5, 5.41) is 3.35. The van der Waals surface area contributed by atoms with Gasteiger partial charge in [-0.15, -0.1) is 0 Å². The molecule has 0 saturated carbocycles. The van der Waals surface area contributed by atoms with E-state index in [1.165, 1.54) is 0 Å². The van der Waals surface area contributed by atoms with Crippen molar-refractivity contribution in [3.8, 4) is 0 Å². The first-order valence-electron chi connectivity index (χ1n) is 7.53. The van der Waals surface area contributed by atoms with Crippen LogP contribution in [0.1, 0.15) is 20.8 Å². The molecule has 2 saturated heterocycles. The van der Waals surface area contributed by atoms with E-state index in [1.54, 1.807) is 0 Å². The zero-order valence-corrected chi connectivity index (χ0v) is 12.6. The molecule has 0 spiro atoms. The largest absolute Gasteiger partial charge is 0.339 e. The Morgan fingerprint density at radius 3 is 2.16 bits per heavy atom. The topological polar surface area (TPSA) is 38.8 Å². The summed E-state index contributed by atoms with van der Waals surface area (Å²) in [5.41, 5.74) is -0.365. The van der Waals surface area contributed by atoms with Gasteiger partial charge in [0.2, 0.25) is 5.91 Å². The Hall–Kier alpha value is -0.650. The van der Waals surface area contributed by atoms with E-state index in [9.17, 15) is 4.79 Å². The van der Waals surface area contributed by atoms with E-state index < -0.39 is 0 Å². The average Bonchev–Trinajstić information content (AvgIpc) is 2.47. The Morgan fingerprint density at radius 1 is 1.05 bits per heavy atom. The number of carbonyl (C=O) groups is 1. The number of rotatable bonds is 3. The molecule has 0 unspecified atom stereocenters. The van der Waals surface area contributed by atoms with Crippen LogP contribution in [-0.4, -0.2) is 85.0 Å². The minimum Gasteiger partial charge on any atom is -0.339 e. The van der Waals surface area contributed by atoms with Crippen LogP contribution in [0.2, 0.25) is 0 Å². The molecule has 0 aromatic heterocycles. The van der Waals surface area contributed by atoms with E-state index in [0.29, 0.717) is 5.91 Å². The molecule has 0 radical (unpaired) electrons. The van der Waals surface area contributed by atoms with Crippen LogP contribution in [0, 0.1) is 0 Å². The standard InChI is InChI=1S/C14H28N4O/c1-4-16-9-11-17(12-10-16)13(19)14(2,3)18-7-5-15-6-8-18/h15H,4-12H2,1-3H3. The second-order valence-corrected chi connectivity index (χ2v) is 6.02. The normalized spacial score (nSPS) is 23.6. The van der Waals surface area contributed by atoms with Crippen molar-refractivity contribution < 1.29 is 4.79 Å². The number of likely N-dealkylation sites (N-methyl/N-ethyl adjacent to an activating group) is 1. The molecular formula is C14H28N4O. The molecule has 0 aromatic carbocycles. The highest BCUT2D eigenvalue weighted by molar-refractivity contribution is 5.85. The van der Waals surface area contributed by atoms with Crippen molar-refractivity contribution in [1.82, 2.24) is 20.0 Å². The highest BCUT2D eigenvalue weighted by atomic mass is 16.2. The fourth-order valence-corrected chi connectivity index (χ4v) is 3.01. The lowest BCUT2D eigenvalue weighted by molar-refractivity contribution is -0.145. The molecule has 1 amide bonds. The predicted molar refractivity (Wildman–Crippen MR) is 77.2 cm³/mol. The second-order valence-electron chi connectivity index (χ2n) is 6.02. The first-order valence-corrected chi connectivity index (χ1v) is 7.53. The highest BCUT2D eigenvalue weighted by Gasteiger charge is 2.38. The van der Waals surface area contributed by atoms with Gasteiger partial charge in [-0.2, -0.15) is 0 Å². The molecular weight excluding hydrogens is 240 g/mol. The van der Waals surface area contributed by atoms with Crippen molar-refractivity contribution in [2.75, 3.05) is 58.9 Å². The molecule has 0 aromatic rings. The molecule has 0 aliphatic carbocycles. The minimum atomic E-state index is -0.365. The summed E-state index contributed by atoms with van der Waals surface area (Å²) in [7, 11) is 0. The number of amides is 1. The van der Waals surface area contributed by atoms with Gasteiger partial charge < -0.3 is 15.1 Å². The van der Waals surface area contributed by atoms with E-state index in [-0.39, 0.29) is 5.54 Å². The Kier molecular flexibility index (Phi) is 4.81. The molecule has 2 fully saturated rings. The van der Waals surface area contributed by atoms with Gasteiger partial charge in [0.15, 0.2) is 0 Å². The second kappa shape index (κ2) is 6.20. The molecule has 0 atom stereocenters. The van der Waals surface area contributed by atoms with Gasteiger partial charge in [0, 0.05) is 52.4 Å². The van der Waals surface area contributed by atoms with E-state index in [4.69, 9.17) is 0 Å². The van der Waals surface area contributed by atoms with Crippen LogP contribution in [-0.2, 0) is 4.79 Å². The average molecular weight is 268 g/mol. The monoisotopic (exact) mass is 268 g/mol. The van der Waals surface area contributed by atoms with Crippen LogP contribution in [0.3, 0.4) is 0 Å². The van der Waals surface area contributed by atoms with Crippen molar-refractivity contribution in [2.45, 2.75) is 26.3 Å². The first kappa shape index (κ1) is 14.8. The Balaban J connectivity index is 1.94. The lowest BCUT2D eigenvalue weighted by Crippen LogP contribution is -2.62. The molecule has 2 rings (SSSR count). The summed E-state index contributed by atoms with van der Waals surface area (Å²) in [6, 6.07) is 0. The summed E-state index contributed by atoms with van der Waals surface area (Å²) in [4.78, 5) is 19.5. The Labute approximate surface area is 116 Å². The molecule has 19 heavy (non-hydrogen) atoms. The van der Waals surface area contributed by atoms with E-state index in [0.717, 1.165) is 58.9 Å². The van der Waals surface area contributed by atoms with Gasteiger partial charge in [-0.3, -0.25) is 9.69 Å². The summed E-state index contributed by atoms with van der Waals surface area (Å²) >= 11 is 0. The summed E-state index contributed by atoms with van der Waals surface area (Å²) < 4.78 is 0. The Bertz CT molecular complexity index is 305. The maximum absolute atomic E-state index is 12.8. The third-order valence-corrected chi connectivity index (χ3v) is 4.54. The van der Waals surface area contributed by atoms with Gasteiger partial charge in [0.05, 0.1) is 5.54 Å². The number of hydrogen-bond donors (Lipinski definition) is 1. The quantitative estimate of drug-likeness (QED) is 0.772. The zero-order chi connectivity index (χ0) is 13.9. The lowest BCUT2D eigenvalue weighted by atomic mass is 9.99. The Morgan fingerprint density at radius 2 is 1.63 bits per heavy atom. The highest BCUT2D eigenvalue weighted by Crippen LogP contribution is 2.19. The van der Waals surface area contributed by atoms with Gasteiger partial charge in [-0.1, -0.05) is 6.92 Å². The summed E-state index contributed by atoms with van der Waals surface area (Å²) in [6.45, 7) is 15.1. The van der Waals surface area contributed by atoms with Crippen LogP contribution in [0.4, 0.5) is 0 Å². The fourth-order valence-electron chi connectivity index (χ4n) is 3.01. The molecule has 2 aliphatic rings. The summed E-state index contributed by atoms with van der Waals surface area (Å²) in [5.74, 6) is 0.296.